The van der Waals surface area contributed by atoms with Crippen LogP contribution in [-0.2, 0) is 7.05 Å². The zero-order valence-electron chi connectivity index (χ0n) is 13.1. The van der Waals surface area contributed by atoms with Gasteiger partial charge in [0.25, 0.3) is 0 Å². The fourth-order valence-corrected chi connectivity index (χ4v) is 4.01. The predicted octanol–water partition coefficient (Wildman–Crippen LogP) is 2.66. The van der Waals surface area contributed by atoms with Crippen LogP contribution in [0.25, 0.3) is 10.2 Å². The Morgan fingerprint density at radius 1 is 1.39 bits per heavy atom. The number of nitrogens with one attached hydrogen (secondary N) is 1. The second-order valence-electron chi connectivity index (χ2n) is 6.21. The Kier molecular flexibility index (Phi) is 3.54. The molecule has 1 atom stereocenters. The van der Waals surface area contributed by atoms with Crippen LogP contribution in [0.4, 0.5) is 5.82 Å². The van der Waals surface area contributed by atoms with Crippen molar-refractivity contribution in [1.82, 2.24) is 19.7 Å². The number of aliphatic hydroxyl groups is 1. The number of rotatable bonds is 4. The largest absolute Gasteiger partial charge is 0.393 e. The number of hydrogen-bond acceptors (Lipinski definition) is 6. The van der Waals surface area contributed by atoms with E-state index in [1.807, 2.05) is 36.4 Å². The first-order chi connectivity index (χ1) is 11.1. The minimum absolute atomic E-state index is 0.101. The smallest absolute Gasteiger partial charge is 0.138 e. The first kappa shape index (κ1) is 14.6. The summed E-state index contributed by atoms with van der Waals surface area (Å²) in [6.07, 6.45) is 5.35. The van der Waals surface area contributed by atoms with E-state index in [4.69, 9.17) is 0 Å². The molecule has 0 aromatic carbocycles. The van der Waals surface area contributed by atoms with E-state index < -0.39 is 0 Å². The van der Waals surface area contributed by atoms with Crippen molar-refractivity contribution in [3.8, 4) is 0 Å². The van der Waals surface area contributed by atoms with Crippen molar-refractivity contribution in [3.63, 3.8) is 0 Å². The summed E-state index contributed by atoms with van der Waals surface area (Å²) in [4.78, 5) is 10.1. The maximum atomic E-state index is 9.70. The number of fused-ring (bicyclic) bond motifs is 1. The molecule has 2 N–H and O–H groups in total. The Morgan fingerprint density at radius 3 is 2.91 bits per heavy atom. The average Bonchev–Trinajstić information content (AvgIpc) is 3.10. The first-order valence-corrected chi connectivity index (χ1v) is 8.63. The van der Waals surface area contributed by atoms with Crippen molar-refractivity contribution in [2.75, 3.05) is 5.32 Å². The molecule has 3 aromatic heterocycles. The summed E-state index contributed by atoms with van der Waals surface area (Å²) in [7, 11) is 1.92. The summed E-state index contributed by atoms with van der Waals surface area (Å²) in [5, 5.41) is 20.7. The second kappa shape index (κ2) is 5.58. The number of aliphatic hydroxyl groups excluding tert-OH is 1. The van der Waals surface area contributed by atoms with Gasteiger partial charge in [-0.05, 0) is 37.1 Å². The molecular weight excluding hydrogens is 310 g/mol. The average molecular weight is 329 g/mol. The quantitative estimate of drug-likeness (QED) is 0.769. The van der Waals surface area contributed by atoms with Gasteiger partial charge in [0.2, 0.25) is 0 Å². The lowest BCUT2D eigenvalue weighted by Crippen LogP contribution is -2.36. The van der Waals surface area contributed by atoms with Crippen LogP contribution in [0, 0.1) is 12.8 Å². The molecule has 0 radical (unpaired) electrons. The third kappa shape index (κ3) is 2.70. The maximum absolute atomic E-state index is 9.70. The third-order valence-corrected chi connectivity index (χ3v) is 5.24. The molecule has 1 saturated carbocycles. The predicted molar refractivity (Wildman–Crippen MR) is 90.5 cm³/mol. The van der Waals surface area contributed by atoms with E-state index in [2.05, 4.69) is 26.4 Å². The Balaban J connectivity index is 1.70. The van der Waals surface area contributed by atoms with E-state index in [0.29, 0.717) is 5.92 Å². The minimum atomic E-state index is -0.186. The highest BCUT2D eigenvalue weighted by Gasteiger charge is 2.35. The second-order valence-corrected chi connectivity index (χ2v) is 7.11. The maximum Gasteiger partial charge on any atom is 0.138 e. The van der Waals surface area contributed by atoms with E-state index in [-0.39, 0.29) is 12.1 Å². The SMILES string of the molecule is Cc1nc(N[C@H](c2cnn(C)c2)C2CC(O)C2)c2ccsc2n1. The number of hydrogen-bond donors (Lipinski definition) is 2. The summed E-state index contributed by atoms with van der Waals surface area (Å²) in [5.41, 5.74) is 1.13. The summed E-state index contributed by atoms with van der Waals surface area (Å²) in [6.45, 7) is 1.91. The molecule has 4 rings (SSSR count). The van der Waals surface area contributed by atoms with Gasteiger partial charge >= 0.3 is 0 Å². The molecule has 0 spiro atoms. The molecule has 1 fully saturated rings. The van der Waals surface area contributed by atoms with Crippen molar-refractivity contribution in [3.05, 3.63) is 35.2 Å². The molecule has 0 aliphatic heterocycles. The zero-order chi connectivity index (χ0) is 16.0. The lowest BCUT2D eigenvalue weighted by atomic mass is 9.75. The summed E-state index contributed by atoms with van der Waals surface area (Å²) >= 11 is 1.62. The number of anilines is 1. The molecule has 0 unspecified atom stereocenters. The highest BCUT2D eigenvalue weighted by molar-refractivity contribution is 7.16. The lowest BCUT2D eigenvalue weighted by molar-refractivity contribution is 0.0339. The van der Waals surface area contributed by atoms with Gasteiger partial charge in [-0.3, -0.25) is 4.68 Å². The van der Waals surface area contributed by atoms with Crippen molar-refractivity contribution < 1.29 is 5.11 Å². The summed E-state index contributed by atoms with van der Waals surface area (Å²) in [6, 6.07) is 2.15. The van der Waals surface area contributed by atoms with Gasteiger partial charge in [-0.2, -0.15) is 5.10 Å². The molecule has 0 bridgehead atoms. The van der Waals surface area contributed by atoms with Gasteiger partial charge in [-0.15, -0.1) is 11.3 Å². The molecule has 23 heavy (non-hydrogen) atoms. The number of nitrogens with zero attached hydrogens (tertiary/aromatic N) is 4. The van der Waals surface area contributed by atoms with Gasteiger partial charge in [0.05, 0.1) is 23.7 Å². The monoisotopic (exact) mass is 329 g/mol. The number of aromatic nitrogens is 4. The Bertz CT molecular complexity index is 836. The van der Waals surface area contributed by atoms with Crippen LogP contribution in [0.15, 0.2) is 23.8 Å². The van der Waals surface area contributed by atoms with Crippen molar-refractivity contribution >= 4 is 27.4 Å². The molecule has 3 aromatic rings. The first-order valence-electron chi connectivity index (χ1n) is 7.75. The van der Waals surface area contributed by atoms with Crippen LogP contribution >= 0.6 is 11.3 Å². The molecule has 6 nitrogen and oxygen atoms in total. The van der Waals surface area contributed by atoms with Crippen molar-refractivity contribution in [2.24, 2.45) is 13.0 Å². The molecule has 3 heterocycles. The zero-order valence-corrected chi connectivity index (χ0v) is 13.9. The summed E-state index contributed by atoms with van der Waals surface area (Å²) < 4.78 is 1.81. The number of aryl methyl sites for hydroxylation is 2. The minimum Gasteiger partial charge on any atom is -0.393 e. The van der Waals surface area contributed by atoms with Gasteiger partial charge in [-0.1, -0.05) is 0 Å². The van der Waals surface area contributed by atoms with Gasteiger partial charge in [0.1, 0.15) is 16.5 Å². The van der Waals surface area contributed by atoms with Gasteiger partial charge < -0.3 is 10.4 Å². The highest BCUT2D eigenvalue weighted by Crippen LogP contribution is 2.40. The fraction of sp³-hybridized carbons (Fsp3) is 0.438. The Morgan fingerprint density at radius 2 is 2.22 bits per heavy atom. The number of thiophene rings is 1. The molecule has 0 saturated heterocycles. The van der Waals surface area contributed by atoms with E-state index in [0.717, 1.165) is 40.3 Å². The van der Waals surface area contributed by atoms with E-state index in [9.17, 15) is 5.11 Å². The molecule has 1 aliphatic carbocycles. The third-order valence-electron chi connectivity index (χ3n) is 4.43. The molecule has 0 amide bonds. The van der Waals surface area contributed by atoms with Gasteiger partial charge in [0.15, 0.2) is 0 Å². The van der Waals surface area contributed by atoms with E-state index in [1.54, 1.807) is 11.3 Å². The lowest BCUT2D eigenvalue weighted by Gasteiger charge is -2.38. The Hall–Kier alpha value is -1.99. The van der Waals surface area contributed by atoms with Crippen LogP contribution in [0.5, 0.6) is 0 Å². The topological polar surface area (TPSA) is 75.9 Å². The van der Waals surface area contributed by atoms with E-state index >= 15 is 0 Å². The molecule has 120 valence electrons. The summed E-state index contributed by atoms with van der Waals surface area (Å²) in [5.74, 6) is 2.02. The van der Waals surface area contributed by atoms with Crippen LogP contribution in [0.2, 0.25) is 0 Å². The fourth-order valence-electron chi connectivity index (χ4n) is 3.20. The van der Waals surface area contributed by atoms with Crippen LogP contribution in [0.3, 0.4) is 0 Å². The van der Waals surface area contributed by atoms with Crippen LogP contribution < -0.4 is 5.32 Å². The van der Waals surface area contributed by atoms with E-state index in [1.165, 1.54) is 0 Å². The molecular formula is C16H19N5OS. The standard InChI is InChI=1S/C16H19N5OS/c1-9-18-15(13-3-4-23-16(13)19-9)20-14(10-5-12(22)6-10)11-7-17-21(2)8-11/h3-4,7-8,10,12,14,22H,5-6H2,1-2H3,(H,18,19,20)/t10?,12?,14-/m0/s1. The Labute approximate surface area is 138 Å². The van der Waals surface area contributed by atoms with Gasteiger partial charge in [-0.25, -0.2) is 9.97 Å². The van der Waals surface area contributed by atoms with Crippen molar-refractivity contribution in [1.29, 1.82) is 0 Å². The molecule has 7 heteroatoms. The van der Waals surface area contributed by atoms with Crippen LogP contribution in [-0.4, -0.2) is 31.0 Å². The molecule has 1 aliphatic rings. The normalized spacial score (nSPS) is 22.0. The highest BCUT2D eigenvalue weighted by atomic mass is 32.1. The van der Waals surface area contributed by atoms with Crippen LogP contribution in [0.1, 0.15) is 30.3 Å². The van der Waals surface area contributed by atoms with Crippen molar-refractivity contribution in [2.45, 2.75) is 31.9 Å². The van der Waals surface area contributed by atoms with Gasteiger partial charge in [0, 0.05) is 18.8 Å².